The SMILES string of the molecule is CCCN1C(=O)N(C)[C@@H]2CNCC[C@@H]21. The van der Waals surface area contributed by atoms with Crippen LogP contribution in [0.5, 0.6) is 0 Å². The Bertz CT molecular complexity index is 231. The number of urea groups is 1. The summed E-state index contributed by atoms with van der Waals surface area (Å²) < 4.78 is 0. The van der Waals surface area contributed by atoms with E-state index >= 15 is 0 Å². The smallest absolute Gasteiger partial charge is 0.320 e. The van der Waals surface area contributed by atoms with Gasteiger partial charge >= 0.3 is 6.03 Å². The Balaban J connectivity index is 2.13. The van der Waals surface area contributed by atoms with E-state index in [0.29, 0.717) is 12.1 Å². The van der Waals surface area contributed by atoms with Crippen LogP contribution in [0.1, 0.15) is 19.8 Å². The molecule has 14 heavy (non-hydrogen) atoms. The van der Waals surface area contributed by atoms with Crippen LogP contribution in [0.3, 0.4) is 0 Å². The zero-order valence-electron chi connectivity index (χ0n) is 8.99. The summed E-state index contributed by atoms with van der Waals surface area (Å²) in [7, 11) is 1.92. The van der Waals surface area contributed by atoms with Crippen molar-refractivity contribution in [3.8, 4) is 0 Å². The van der Waals surface area contributed by atoms with Crippen molar-refractivity contribution in [2.75, 3.05) is 26.7 Å². The molecule has 0 unspecified atom stereocenters. The van der Waals surface area contributed by atoms with Crippen molar-refractivity contribution < 1.29 is 4.79 Å². The van der Waals surface area contributed by atoms with Gasteiger partial charge in [-0.05, 0) is 19.4 Å². The van der Waals surface area contributed by atoms with E-state index in [1.807, 2.05) is 16.8 Å². The van der Waals surface area contributed by atoms with E-state index in [1.165, 1.54) is 0 Å². The van der Waals surface area contributed by atoms with Crippen LogP contribution in [0.15, 0.2) is 0 Å². The molecule has 0 aliphatic carbocycles. The first kappa shape index (κ1) is 9.77. The predicted molar refractivity (Wildman–Crippen MR) is 55.2 cm³/mol. The molecule has 2 fully saturated rings. The van der Waals surface area contributed by atoms with E-state index in [2.05, 4.69) is 12.2 Å². The molecule has 2 heterocycles. The summed E-state index contributed by atoms with van der Waals surface area (Å²) in [4.78, 5) is 15.8. The van der Waals surface area contributed by atoms with Gasteiger partial charge in [-0.15, -0.1) is 0 Å². The maximum atomic E-state index is 11.9. The molecule has 0 aromatic carbocycles. The Labute approximate surface area is 85.2 Å². The molecule has 0 aromatic heterocycles. The standard InChI is InChI=1S/C10H19N3O/c1-3-6-13-8-4-5-11-7-9(8)12(2)10(13)14/h8-9,11H,3-7H2,1-2H3/t8-,9+/m0/s1. The van der Waals surface area contributed by atoms with Gasteiger partial charge in [0, 0.05) is 20.1 Å². The highest BCUT2D eigenvalue weighted by Gasteiger charge is 2.43. The van der Waals surface area contributed by atoms with Crippen LogP contribution in [0.2, 0.25) is 0 Å². The number of rotatable bonds is 2. The second-order valence-electron chi connectivity index (χ2n) is 4.21. The number of nitrogens with one attached hydrogen (secondary N) is 1. The van der Waals surface area contributed by atoms with Gasteiger partial charge in [-0.2, -0.15) is 0 Å². The molecular weight excluding hydrogens is 178 g/mol. The maximum Gasteiger partial charge on any atom is 0.320 e. The lowest BCUT2D eigenvalue weighted by Gasteiger charge is -2.31. The third-order valence-electron chi connectivity index (χ3n) is 3.32. The van der Waals surface area contributed by atoms with Crippen molar-refractivity contribution in [2.45, 2.75) is 31.8 Å². The van der Waals surface area contributed by atoms with Crippen molar-refractivity contribution in [2.24, 2.45) is 0 Å². The lowest BCUT2D eigenvalue weighted by molar-refractivity contribution is 0.189. The number of amides is 2. The highest BCUT2D eigenvalue weighted by atomic mass is 16.2. The Morgan fingerprint density at radius 2 is 2.29 bits per heavy atom. The summed E-state index contributed by atoms with van der Waals surface area (Å²) in [6.07, 6.45) is 2.15. The van der Waals surface area contributed by atoms with Crippen LogP contribution < -0.4 is 5.32 Å². The third-order valence-corrected chi connectivity index (χ3v) is 3.32. The first-order valence-corrected chi connectivity index (χ1v) is 5.50. The molecule has 0 saturated carbocycles. The molecule has 2 amide bonds. The predicted octanol–water partition coefficient (Wildman–Crippen LogP) is 0.494. The third kappa shape index (κ3) is 1.38. The maximum absolute atomic E-state index is 11.9. The Morgan fingerprint density at radius 3 is 3.00 bits per heavy atom. The highest BCUT2D eigenvalue weighted by molar-refractivity contribution is 5.77. The van der Waals surface area contributed by atoms with Crippen molar-refractivity contribution in [3.05, 3.63) is 0 Å². The molecule has 1 N–H and O–H groups in total. The van der Waals surface area contributed by atoms with Crippen LogP contribution in [0.4, 0.5) is 4.79 Å². The molecule has 2 aliphatic heterocycles. The average Bonchev–Trinajstić information content (AvgIpc) is 2.45. The minimum atomic E-state index is 0.213. The molecule has 80 valence electrons. The van der Waals surface area contributed by atoms with Gasteiger partial charge in [0.25, 0.3) is 0 Å². The minimum absolute atomic E-state index is 0.213. The van der Waals surface area contributed by atoms with Crippen LogP contribution in [-0.2, 0) is 0 Å². The fraction of sp³-hybridized carbons (Fsp3) is 0.900. The van der Waals surface area contributed by atoms with Crippen molar-refractivity contribution >= 4 is 6.03 Å². The normalized spacial score (nSPS) is 32.3. The molecule has 0 bridgehead atoms. The Morgan fingerprint density at radius 1 is 1.50 bits per heavy atom. The monoisotopic (exact) mass is 197 g/mol. The fourth-order valence-electron chi connectivity index (χ4n) is 2.58. The summed E-state index contributed by atoms with van der Waals surface area (Å²) in [5.74, 6) is 0. The number of likely N-dealkylation sites (N-methyl/N-ethyl adjacent to an activating group) is 1. The van der Waals surface area contributed by atoms with Crippen LogP contribution >= 0.6 is 0 Å². The quantitative estimate of drug-likeness (QED) is 0.699. The number of carbonyl (C=O) groups excluding carboxylic acids is 1. The summed E-state index contributed by atoms with van der Waals surface area (Å²) in [5, 5.41) is 3.35. The van der Waals surface area contributed by atoms with Gasteiger partial charge in [-0.1, -0.05) is 6.92 Å². The molecule has 4 nitrogen and oxygen atoms in total. The lowest BCUT2D eigenvalue weighted by atomic mass is 10.0. The molecule has 2 aliphatic rings. The Hall–Kier alpha value is -0.770. The van der Waals surface area contributed by atoms with E-state index in [1.54, 1.807) is 0 Å². The topological polar surface area (TPSA) is 35.6 Å². The molecular formula is C10H19N3O. The van der Waals surface area contributed by atoms with E-state index in [0.717, 1.165) is 32.5 Å². The summed E-state index contributed by atoms with van der Waals surface area (Å²) in [5.41, 5.74) is 0. The number of hydrogen-bond acceptors (Lipinski definition) is 2. The first-order valence-electron chi connectivity index (χ1n) is 5.50. The summed E-state index contributed by atoms with van der Waals surface area (Å²) >= 11 is 0. The van der Waals surface area contributed by atoms with Crippen LogP contribution in [-0.4, -0.2) is 54.6 Å². The summed E-state index contributed by atoms with van der Waals surface area (Å²) in [6, 6.07) is 1.06. The van der Waals surface area contributed by atoms with E-state index in [-0.39, 0.29) is 6.03 Å². The van der Waals surface area contributed by atoms with Crippen molar-refractivity contribution in [1.82, 2.24) is 15.1 Å². The number of piperidine rings is 1. The van der Waals surface area contributed by atoms with Gasteiger partial charge in [-0.25, -0.2) is 4.79 Å². The van der Waals surface area contributed by atoms with Gasteiger partial charge in [0.1, 0.15) is 0 Å². The number of fused-ring (bicyclic) bond motifs is 1. The molecule has 0 radical (unpaired) electrons. The van der Waals surface area contributed by atoms with Crippen LogP contribution in [0.25, 0.3) is 0 Å². The molecule has 2 rings (SSSR count). The van der Waals surface area contributed by atoms with Gasteiger partial charge in [-0.3, -0.25) is 0 Å². The van der Waals surface area contributed by atoms with Crippen LogP contribution in [0, 0.1) is 0 Å². The minimum Gasteiger partial charge on any atom is -0.321 e. The van der Waals surface area contributed by atoms with E-state index in [4.69, 9.17) is 0 Å². The largest absolute Gasteiger partial charge is 0.321 e. The fourth-order valence-corrected chi connectivity index (χ4v) is 2.58. The van der Waals surface area contributed by atoms with E-state index < -0.39 is 0 Å². The number of nitrogens with zero attached hydrogens (tertiary/aromatic N) is 2. The zero-order valence-corrected chi connectivity index (χ0v) is 8.99. The zero-order chi connectivity index (χ0) is 10.1. The van der Waals surface area contributed by atoms with Crippen molar-refractivity contribution in [1.29, 1.82) is 0 Å². The van der Waals surface area contributed by atoms with Gasteiger partial charge < -0.3 is 15.1 Å². The van der Waals surface area contributed by atoms with E-state index in [9.17, 15) is 4.79 Å². The second kappa shape index (κ2) is 3.77. The second-order valence-corrected chi connectivity index (χ2v) is 4.21. The molecule has 0 aromatic rings. The summed E-state index contributed by atoms with van der Waals surface area (Å²) in [6.45, 7) is 5.03. The molecule has 0 spiro atoms. The first-order chi connectivity index (χ1) is 6.75. The number of carbonyl (C=O) groups is 1. The average molecular weight is 197 g/mol. The van der Waals surface area contributed by atoms with Gasteiger partial charge in [0.2, 0.25) is 0 Å². The van der Waals surface area contributed by atoms with Gasteiger partial charge in [0.05, 0.1) is 12.1 Å². The molecule has 2 saturated heterocycles. The Kier molecular flexibility index (Phi) is 2.63. The van der Waals surface area contributed by atoms with Gasteiger partial charge in [0.15, 0.2) is 0 Å². The molecule has 2 atom stereocenters. The lowest BCUT2D eigenvalue weighted by Crippen LogP contribution is -2.49. The molecule has 4 heteroatoms. The highest BCUT2D eigenvalue weighted by Crippen LogP contribution is 2.25. The van der Waals surface area contributed by atoms with Crippen molar-refractivity contribution in [3.63, 3.8) is 0 Å². The number of hydrogen-bond donors (Lipinski definition) is 1.